The van der Waals surface area contributed by atoms with Crippen LogP contribution in [0.4, 0.5) is 20.2 Å². The summed E-state index contributed by atoms with van der Waals surface area (Å²) in [6.45, 7) is 0.461. The van der Waals surface area contributed by atoms with E-state index in [1.807, 2.05) is 0 Å². The second kappa shape index (κ2) is 6.80. The molecular weight excluding hydrogens is 282 g/mol. The Hall–Kier alpha value is -1.76. The minimum Gasteiger partial charge on any atom is -0.394 e. The van der Waals surface area contributed by atoms with Gasteiger partial charge in [-0.15, -0.1) is 0 Å². The molecule has 7 heteroatoms. The van der Waals surface area contributed by atoms with Gasteiger partial charge in [-0.3, -0.25) is 10.1 Å². The number of nitro groups is 1. The Bertz CT molecular complexity index is 511. The number of aliphatic hydroxyl groups is 1. The highest BCUT2D eigenvalue weighted by molar-refractivity contribution is 5.59. The predicted molar refractivity (Wildman–Crippen MR) is 74.7 cm³/mol. The van der Waals surface area contributed by atoms with Crippen molar-refractivity contribution in [2.24, 2.45) is 0 Å². The van der Waals surface area contributed by atoms with Crippen molar-refractivity contribution in [3.05, 3.63) is 33.9 Å². The Morgan fingerprint density at radius 1 is 1.38 bits per heavy atom. The van der Waals surface area contributed by atoms with Gasteiger partial charge in [0.25, 0.3) is 12.1 Å². The van der Waals surface area contributed by atoms with Gasteiger partial charge in [-0.1, -0.05) is 12.8 Å². The van der Waals surface area contributed by atoms with Gasteiger partial charge < -0.3 is 10.0 Å². The number of rotatable bonds is 4. The van der Waals surface area contributed by atoms with Crippen LogP contribution in [0.1, 0.15) is 37.7 Å². The molecule has 1 aliphatic rings. The summed E-state index contributed by atoms with van der Waals surface area (Å²) in [4.78, 5) is 11.8. The third kappa shape index (κ3) is 3.47. The van der Waals surface area contributed by atoms with Crippen molar-refractivity contribution in [2.45, 2.75) is 38.2 Å². The third-order valence-electron chi connectivity index (χ3n) is 3.85. The highest BCUT2D eigenvalue weighted by Gasteiger charge is 2.26. The molecule has 116 valence electrons. The van der Waals surface area contributed by atoms with E-state index in [4.69, 9.17) is 0 Å². The molecule has 1 aromatic rings. The molecule has 1 fully saturated rings. The first-order valence-corrected chi connectivity index (χ1v) is 6.98. The maximum atomic E-state index is 13.2. The summed E-state index contributed by atoms with van der Waals surface area (Å²) < 4.78 is 26.5. The van der Waals surface area contributed by atoms with E-state index < -0.39 is 11.3 Å². The van der Waals surface area contributed by atoms with Crippen molar-refractivity contribution in [3.8, 4) is 0 Å². The molecule has 0 radical (unpaired) electrons. The molecule has 2 rings (SSSR count). The summed E-state index contributed by atoms with van der Waals surface area (Å²) >= 11 is 0. The average Bonchev–Trinajstić information content (AvgIpc) is 2.71. The number of hydrogen-bond donors (Lipinski definition) is 1. The van der Waals surface area contributed by atoms with Crippen LogP contribution in [0.2, 0.25) is 0 Å². The summed E-state index contributed by atoms with van der Waals surface area (Å²) in [6, 6.07) is 3.32. The Morgan fingerprint density at radius 2 is 2.14 bits per heavy atom. The van der Waals surface area contributed by atoms with Crippen molar-refractivity contribution in [3.63, 3.8) is 0 Å². The van der Waals surface area contributed by atoms with Crippen LogP contribution in [-0.4, -0.2) is 29.2 Å². The fourth-order valence-electron chi connectivity index (χ4n) is 2.78. The Labute approximate surface area is 121 Å². The van der Waals surface area contributed by atoms with Crippen molar-refractivity contribution in [1.82, 2.24) is 0 Å². The molecule has 0 saturated carbocycles. The lowest BCUT2D eigenvalue weighted by Crippen LogP contribution is -2.38. The summed E-state index contributed by atoms with van der Waals surface area (Å²) in [7, 11) is 0. The summed E-state index contributed by atoms with van der Waals surface area (Å²) in [5.74, 6) is 0. The van der Waals surface area contributed by atoms with Crippen LogP contribution in [0.15, 0.2) is 18.2 Å². The number of hydrogen-bond acceptors (Lipinski definition) is 4. The average molecular weight is 300 g/mol. The zero-order valence-corrected chi connectivity index (χ0v) is 11.5. The summed E-state index contributed by atoms with van der Waals surface area (Å²) in [5, 5.41) is 20.2. The monoisotopic (exact) mass is 300 g/mol. The lowest BCUT2D eigenvalue weighted by Gasteiger charge is -2.32. The van der Waals surface area contributed by atoms with Crippen molar-refractivity contribution >= 4 is 11.4 Å². The first kappa shape index (κ1) is 15.6. The number of alkyl halides is 2. The van der Waals surface area contributed by atoms with Gasteiger partial charge in [-0.05, 0) is 18.9 Å². The summed E-state index contributed by atoms with van der Waals surface area (Å²) in [5.41, 5.74) is -0.398. The van der Waals surface area contributed by atoms with Gasteiger partial charge in [0.05, 0.1) is 17.6 Å². The van der Waals surface area contributed by atoms with Crippen LogP contribution in [-0.2, 0) is 0 Å². The molecule has 1 heterocycles. The summed E-state index contributed by atoms with van der Waals surface area (Å²) in [6.07, 6.45) is 0.734. The molecule has 0 spiro atoms. The van der Waals surface area contributed by atoms with E-state index in [-0.39, 0.29) is 29.6 Å². The molecule has 0 amide bonds. The van der Waals surface area contributed by atoms with Crippen LogP contribution in [0.25, 0.3) is 0 Å². The molecule has 21 heavy (non-hydrogen) atoms. The Kier molecular flexibility index (Phi) is 5.06. The van der Waals surface area contributed by atoms with Crippen LogP contribution in [0.3, 0.4) is 0 Å². The molecule has 1 atom stereocenters. The molecular formula is C14H18F2N2O3. The second-order valence-electron chi connectivity index (χ2n) is 5.18. The van der Waals surface area contributed by atoms with Crippen LogP contribution in [0, 0.1) is 10.1 Å². The normalized spacial score (nSPS) is 19.6. The molecule has 1 unspecified atom stereocenters. The maximum Gasteiger partial charge on any atom is 0.270 e. The number of nitro benzene ring substituents is 1. The van der Waals surface area contributed by atoms with Crippen molar-refractivity contribution < 1.29 is 18.8 Å². The number of halogens is 2. The Balaban J connectivity index is 2.42. The van der Waals surface area contributed by atoms with E-state index in [1.165, 1.54) is 12.1 Å². The number of benzene rings is 1. The zero-order chi connectivity index (χ0) is 15.4. The fraction of sp³-hybridized carbons (Fsp3) is 0.571. The molecule has 0 aliphatic carbocycles. The van der Waals surface area contributed by atoms with E-state index in [2.05, 4.69) is 0 Å². The number of anilines is 1. The molecule has 1 saturated heterocycles. The van der Waals surface area contributed by atoms with Gasteiger partial charge in [0.2, 0.25) is 0 Å². The second-order valence-corrected chi connectivity index (χ2v) is 5.18. The van der Waals surface area contributed by atoms with Crippen LogP contribution < -0.4 is 4.90 Å². The van der Waals surface area contributed by atoms with Crippen molar-refractivity contribution in [1.29, 1.82) is 0 Å². The molecule has 0 aromatic heterocycles. The largest absolute Gasteiger partial charge is 0.394 e. The van der Waals surface area contributed by atoms with Crippen LogP contribution in [0.5, 0.6) is 0 Å². The molecule has 0 bridgehead atoms. The highest BCUT2D eigenvalue weighted by Crippen LogP contribution is 2.35. The predicted octanol–water partition coefficient (Wildman–Crippen LogP) is 3.27. The molecule has 1 aliphatic heterocycles. The topological polar surface area (TPSA) is 66.6 Å². The first-order chi connectivity index (χ1) is 10.0. The van der Waals surface area contributed by atoms with E-state index in [0.717, 1.165) is 31.7 Å². The fourth-order valence-corrected chi connectivity index (χ4v) is 2.78. The number of non-ortho nitro benzene ring substituents is 1. The van der Waals surface area contributed by atoms with Crippen LogP contribution >= 0.6 is 0 Å². The minimum absolute atomic E-state index is 0.111. The highest BCUT2D eigenvalue weighted by atomic mass is 19.3. The molecule has 5 nitrogen and oxygen atoms in total. The lowest BCUT2D eigenvalue weighted by atomic mass is 10.1. The minimum atomic E-state index is -2.79. The SMILES string of the molecule is O=[N+]([O-])c1ccc(N2CCCCCC2CO)c(C(F)F)c1. The molecule has 1 aromatic carbocycles. The van der Waals surface area contributed by atoms with E-state index in [9.17, 15) is 24.0 Å². The van der Waals surface area contributed by atoms with Gasteiger partial charge >= 0.3 is 0 Å². The van der Waals surface area contributed by atoms with Gasteiger partial charge in [0.1, 0.15) is 0 Å². The van der Waals surface area contributed by atoms with Gasteiger partial charge in [-0.2, -0.15) is 0 Å². The third-order valence-corrected chi connectivity index (χ3v) is 3.85. The standard InChI is InChI=1S/C14H18F2N2O3/c15-14(16)12-8-10(18(20)21)5-6-13(12)17-7-3-1-2-4-11(17)9-19/h5-6,8,11,14,19H,1-4,7,9H2. The Morgan fingerprint density at radius 3 is 2.76 bits per heavy atom. The molecule has 1 N–H and O–H groups in total. The number of aliphatic hydroxyl groups excluding tert-OH is 1. The number of nitrogens with zero attached hydrogens (tertiary/aromatic N) is 2. The quantitative estimate of drug-likeness (QED) is 0.684. The van der Waals surface area contributed by atoms with Crippen molar-refractivity contribution in [2.75, 3.05) is 18.1 Å². The van der Waals surface area contributed by atoms with Gasteiger partial charge in [0, 0.05) is 29.9 Å². The van der Waals surface area contributed by atoms with Gasteiger partial charge in [0.15, 0.2) is 0 Å². The van der Waals surface area contributed by atoms with E-state index in [1.54, 1.807) is 4.90 Å². The lowest BCUT2D eigenvalue weighted by molar-refractivity contribution is -0.385. The zero-order valence-electron chi connectivity index (χ0n) is 11.5. The smallest absolute Gasteiger partial charge is 0.270 e. The first-order valence-electron chi connectivity index (χ1n) is 6.98. The van der Waals surface area contributed by atoms with Gasteiger partial charge in [-0.25, -0.2) is 8.78 Å². The van der Waals surface area contributed by atoms with E-state index in [0.29, 0.717) is 6.54 Å². The van der Waals surface area contributed by atoms with E-state index >= 15 is 0 Å². The maximum absolute atomic E-state index is 13.2.